The second-order valence-corrected chi connectivity index (χ2v) is 5.71. The van der Waals surface area contributed by atoms with E-state index in [-0.39, 0.29) is 17.7 Å². The zero-order chi connectivity index (χ0) is 17.0. The first kappa shape index (κ1) is 16.8. The maximum absolute atomic E-state index is 11.4. The Morgan fingerprint density at radius 3 is 2.13 bits per heavy atom. The summed E-state index contributed by atoms with van der Waals surface area (Å²) in [5.41, 5.74) is 2.15. The minimum absolute atomic E-state index is 0.209. The van der Waals surface area contributed by atoms with Crippen molar-refractivity contribution < 1.29 is 19.5 Å². The van der Waals surface area contributed by atoms with E-state index in [1.165, 1.54) is 18.7 Å². The van der Waals surface area contributed by atoms with Crippen molar-refractivity contribution >= 4 is 29.3 Å². The molecule has 0 atom stereocenters. The van der Waals surface area contributed by atoms with Crippen LogP contribution in [0.15, 0.2) is 18.2 Å². The quantitative estimate of drug-likeness (QED) is 0.797. The highest BCUT2D eigenvalue weighted by Crippen LogP contribution is 2.32. The maximum Gasteiger partial charge on any atom is 0.407 e. The third-order valence-electron chi connectivity index (χ3n) is 3.90. The molecule has 1 aromatic carbocycles. The van der Waals surface area contributed by atoms with Crippen LogP contribution in [-0.2, 0) is 9.59 Å². The van der Waals surface area contributed by atoms with Crippen molar-refractivity contribution in [1.29, 1.82) is 0 Å². The summed E-state index contributed by atoms with van der Waals surface area (Å²) in [5.74, 6) is -0.182. The molecule has 23 heavy (non-hydrogen) atoms. The molecule has 3 amide bonds. The second kappa shape index (κ2) is 7.13. The molecule has 0 unspecified atom stereocenters. The minimum atomic E-state index is -0.886. The Morgan fingerprint density at radius 2 is 1.61 bits per heavy atom. The zero-order valence-electron chi connectivity index (χ0n) is 13.3. The van der Waals surface area contributed by atoms with Gasteiger partial charge in [0.05, 0.1) is 11.4 Å². The van der Waals surface area contributed by atoms with Crippen LogP contribution in [0.2, 0.25) is 0 Å². The van der Waals surface area contributed by atoms with Crippen LogP contribution in [0.5, 0.6) is 0 Å². The molecule has 1 saturated heterocycles. The second-order valence-electron chi connectivity index (χ2n) is 5.71. The van der Waals surface area contributed by atoms with Gasteiger partial charge in [-0.15, -0.1) is 0 Å². The first-order chi connectivity index (χ1) is 10.9. The lowest BCUT2D eigenvalue weighted by Crippen LogP contribution is -2.36. The molecule has 1 aromatic rings. The van der Waals surface area contributed by atoms with E-state index in [1.807, 2.05) is 12.1 Å². The molecule has 1 fully saturated rings. The Labute approximate surface area is 134 Å². The molecule has 7 nitrogen and oxygen atoms in total. The number of carbonyl (C=O) groups is 3. The number of likely N-dealkylation sites (tertiary alicyclic amines) is 1. The van der Waals surface area contributed by atoms with Crippen LogP contribution in [-0.4, -0.2) is 41.0 Å². The number of benzene rings is 1. The largest absolute Gasteiger partial charge is 0.465 e. The molecule has 124 valence electrons. The topological polar surface area (TPSA) is 98.7 Å². The Morgan fingerprint density at radius 1 is 1.04 bits per heavy atom. The highest BCUT2D eigenvalue weighted by atomic mass is 16.4. The van der Waals surface area contributed by atoms with Gasteiger partial charge in [0.15, 0.2) is 0 Å². The minimum Gasteiger partial charge on any atom is -0.465 e. The average Bonchev–Trinajstić information content (AvgIpc) is 2.48. The van der Waals surface area contributed by atoms with Gasteiger partial charge in [0.25, 0.3) is 0 Å². The predicted molar refractivity (Wildman–Crippen MR) is 86.6 cm³/mol. The normalized spacial score (nSPS) is 15.1. The lowest BCUT2D eigenvalue weighted by molar-refractivity contribution is -0.115. The van der Waals surface area contributed by atoms with Crippen LogP contribution in [0, 0.1) is 0 Å². The molecule has 0 aromatic heterocycles. The van der Waals surface area contributed by atoms with Gasteiger partial charge < -0.3 is 20.6 Å². The molecule has 1 aliphatic rings. The Hall–Kier alpha value is -2.57. The van der Waals surface area contributed by atoms with E-state index < -0.39 is 6.09 Å². The van der Waals surface area contributed by atoms with Crippen LogP contribution in [0.25, 0.3) is 0 Å². The van der Waals surface area contributed by atoms with Gasteiger partial charge in [-0.05, 0) is 36.5 Å². The van der Waals surface area contributed by atoms with Gasteiger partial charge in [-0.25, -0.2) is 4.79 Å². The fourth-order valence-corrected chi connectivity index (χ4v) is 2.81. The summed E-state index contributed by atoms with van der Waals surface area (Å²) in [5, 5.41) is 14.4. The van der Waals surface area contributed by atoms with Gasteiger partial charge in [-0.2, -0.15) is 0 Å². The third-order valence-corrected chi connectivity index (χ3v) is 3.90. The standard InChI is InChI=1S/C16H21N3O4/c1-10(20)17-14-4-3-13(9-15(14)18-11(2)21)12-5-7-19(8-6-12)16(22)23/h3-4,9,12H,5-8H2,1-2H3,(H,17,20)(H,18,21)(H,22,23). The molecule has 3 N–H and O–H groups in total. The number of hydrogen-bond acceptors (Lipinski definition) is 3. The van der Waals surface area contributed by atoms with E-state index in [0.717, 1.165) is 18.4 Å². The van der Waals surface area contributed by atoms with Crippen LogP contribution in [0.4, 0.5) is 16.2 Å². The average molecular weight is 319 g/mol. The number of rotatable bonds is 3. The van der Waals surface area contributed by atoms with Crippen LogP contribution < -0.4 is 10.6 Å². The highest BCUT2D eigenvalue weighted by molar-refractivity contribution is 5.98. The Kier molecular flexibility index (Phi) is 5.20. The summed E-state index contributed by atoms with van der Waals surface area (Å²) in [6.45, 7) is 3.83. The van der Waals surface area contributed by atoms with Gasteiger partial charge in [0.2, 0.25) is 11.8 Å². The van der Waals surface area contributed by atoms with Crippen molar-refractivity contribution in [2.24, 2.45) is 0 Å². The van der Waals surface area contributed by atoms with Gasteiger partial charge in [-0.3, -0.25) is 9.59 Å². The lowest BCUT2D eigenvalue weighted by Gasteiger charge is -2.30. The zero-order valence-corrected chi connectivity index (χ0v) is 13.3. The van der Waals surface area contributed by atoms with E-state index in [4.69, 9.17) is 5.11 Å². The molecule has 0 spiro atoms. The first-order valence-electron chi connectivity index (χ1n) is 7.54. The summed E-state index contributed by atoms with van der Waals surface area (Å²) >= 11 is 0. The van der Waals surface area contributed by atoms with Crippen molar-refractivity contribution in [3.63, 3.8) is 0 Å². The van der Waals surface area contributed by atoms with Crippen LogP contribution in [0.3, 0.4) is 0 Å². The summed E-state index contributed by atoms with van der Waals surface area (Å²) in [7, 11) is 0. The van der Waals surface area contributed by atoms with Crippen molar-refractivity contribution in [3.05, 3.63) is 23.8 Å². The summed E-state index contributed by atoms with van der Waals surface area (Å²) < 4.78 is 0. The number of anilines is 2. The first-order valence-corrected chi connectivity index (χ1v) is 7.54. The molecular weight excluding hydrogens is 298 g/mol. The number of hydrogen-bond donors (Lipinski definition) is 3. The van der Waals surface area contributed by atoms with Crippen molar-refractivity contribution in [1.82, 2.24) is 4.90 Å². The molecule has 1 aliphatic heterocycles. The Balaban J connectivity index is 2.18. The lowest BCUT2D eigenvalue weighted by atomic mass is 9.89. The van der Waals surface area contributed by atoms with Gasteiger partial charge in [-0.1, -0.05) is 6.07 Å². The van der Waals surface area contributed by atoms with Crippen LogP contribution in [0.1, 0.15) is 38.2 Å². The molecule has 1 heterocycles. The van der Waals surface area contributed by atoms with E-state index in [0.29, 0.717) is 24.5 Å². The van der Waals surface area contributed by atoms with Crippen LogP contribution >= 0.6 is 0 Å². The smallest absolute Gasteiger partial charge is 0.407 e. The highest BCUT2D eigenvalue weighted by Gasteiger charge is 2.24. The van der Waals surface area contributed by atoms with Crippen molar-refractivity contribution in [2.75, 3.05) is 23.7 Å². The van der Waals surface area contributed by atoms with Crippen molar-refractivity contribution in [2.45, 2.75) is 32.6 Å². The Bertz CT molecular complexity index is 622. The number of piperidine rings is 1. The SMILES string of the molecule is CC(=O)Nc1ccc(C2CCN(C(=O)O)CC2)cc1NC(C)=O. The summed E-state index contributed by atoms with van der Waals surface area (Å²) in [6.07, 6.45) is 0.597. The van der Waals surface area contributed by atoms with Gasteiger partial charge in [0, 0.05) is 26.9 Å². The number of nitrogens with one attached hydrogen (secondary N) is 2. The van der Waals surface area contributed by atoms with Crippen molar-refractivity contribution in [3.8, 4) is 0 Å². The summed E-state index contributed by atoms with van der Waals surface area (Å²) in [6, 6.07) is 5.54. The molecule has 2 rings (SSSR count). The third kappa shape index (κ3) is 4.45. The van der Waals surface area contributed by atoms with E-state index >= 15 is 0 Å². The molecule has 0 bridgehead atoms. The predicted octanol–water partition coefficient (Wildman–Crippen LogP) is 2.46. The van der Waals surface area contributed by atoms with E-state index in [1.54, 1.807) is 6.07 Å². The molecule has 0 radical (unpaired) electrons. The molecule has 0 aliphatic carbocycles. The molecule has 0 saturated carbocycles. The van der Waals surface area contributed by atoms with Gasteiger partial charge >= 0.3 is 6.09 Å². The fourth-order valence-electron chi connectivity index (χ4n) is 2.81. The monoisotopic (exact) mass is 319 g/mol. The number of amides is 3. The number of carbonyl (C=O) groups excluding carboxylic acids is 2. The molecule has 7 heteroatoms. The number of carboxylic acid groups (broad SMARTS) is 1. The summed E-state index contributed by atoms with van der Waals surface area (Å²) in [4.78, 5) is 35.0. The van der Waals surface area contributed by atoms with E-state index in [9.17, 15) is 14.4 Å². The fraction of sp³-hybridized carbons (Fsp3) is 0.438. The maximum atomic E-state index is 11.4. The van der Waals surface area contributed by atoms with Gasteiger partial charge in [0.1, 0.15) is 0 Å². The molecular formula is C16H21N3O4. The number of nitrogens with zero attached hydrogens (tertiary/aromatic N) is 1. The van der Waals surface area contributed by atoms with E-state index in [2.05, 4.69) is 10.6 Å².